The first-order valence-corrected chi connectivity index (χ1v) is 12.4. The van der Waals surface area contributed by atoms with Crippen LogP contribution >= 0.6 is 0 Å². The molecule has 2 heterocycles. The molecule has 10 nitrogen and oxygen atoms in total. The number of aromatic nitrogens is 4. The van der Waals surface area contributed by atoms with Crippen LogP contribution in [0.5, 0.6) is 5.75 Å². The summed E-state index contributed by atoms with van der Waals surface area (Å²) < 4.78 is 51.4. The van der Waals surface area contributed by atoms with E-state index in [0.717, 1.165) is 6.26 Å². The molecule has 0 amide bonds. The number of fused-ring (bicyclic) bond motifs is 1. The van der Waals surface area contributed by atoms with E-state index in [-0.39, 0.29) is 24.4 Å². The van der Waals surface area contributed by atoms with Crippen LogP contribution in [0.1, 0.15) is 5.56 Å². The number of aryl methyl sites for hydroxylation is 2. The molecule has 4 aromatic rings. The number of anilines is 2. The average Bonchev–Trinajstić information content (AvgIpc) is 3.24. The summed E-state index contributed by atoms with van der Waals surface area (Å²) in [6.45, 7) is 1.35. The number of benzene rings is 2. The Kier molecular flexibility index (Phi) is 6.59. The van der Waals surface area contributed by atoms with Gasteiger partial charge in [0.1, 0.15) is 17.9 Å². The van der Waals surface area contributed by atoms with Crippen LogP contribution < -0.4 is 15.2 Å². The molecule has 2 aromatic heterocycles. The summed E-state index contributed by atoms with van der Waals surface area (Å²) in [5.74, 6) is -0.0847. The third-order valence-corrected chi connectivity index (χ3v) is 5.97. The molecule has 0 unspecified atom stereocenters. The topological polar surface area (TPSA) is 109 Å². The Balaban J connectivity index is 1.85. The van der Waals surface area contributed by atoms with Crippen LogP contribution in [0.15, 0.2) is 53.8 Å². The number of ether oxygens (including phenoxy) is 1. The van der Waals surface area contributed by atoms with E-state index < -0.39 is 15.9 Å². The molecule has 2 aromatic carbocycles. The van der Waals surface area contributed by atoms with Crippen molar-refractivity contribution in [3.63, 3.8) is 0 Å². The minimum atomic E-state index is -3.71. The summed E-state index contributed by atoms with van der Waals surface area (Å²) in [6, 6.07) is 7.98. The van der Waals surface area contributed by atoms with Crippen LogP contribution in [0.25, 0.3) is 16.6 Å². The lowest BCUT2D eigenvalue weighted by Gasteiger charge is -2.26. The first-order valence-electron chi connectivity index (χ1n) is 10.5. The van der Waals surface area contributed by atoms with Gasteiger partial charge < -0.3 is 9.64 Å². The second kappa shape index (κ2) is 9.47. The van der Waals surface area contributed by atoms with E-state index in [0.29, 0.717) is 33.6 Å². The number of halogens is 1. The van der Waals surface area contributed by atoms with Crippen molar-refractivity contribution in [1.82, 2.24) is 19.3 Å². The zero-order chi connectivity index (χ0) is 25.3. The van der Waals surface area contributed by atoms with Crippen molar-refractivity contribution in [3.05, 3.63) is 70.8 Å². The molecular weight excluding hydrogens is 477 g/mol. The first kappa shape index (κ1) is 24.4. The van der Waals surface area contributed by atoms with E-state index in [1.807, 2.05) is 0 Å². The largest absolute Gasteiger partial charge is 0.497 e. The Bertz CT molecular complexity index is 1560. The molecule has 0 fully saturated rings. The van der Waals surface area contributed by atoms with E-state index >= 15 is 4.39 Å². The van der Waals surface area contributed by atoms with Gasteiger partial charge in [-0.15, -0.1) is 0 Å². The van der Waals surface area contributed by atoms with Crippen molar-refractivity contribution in [3.8, 4) is 11.4 Å². The van der Waals surface area contributed by atoms with Crippen molar-refractivity contribution >= 4 is 32.4 Å². The molecule has 35 heavy (non-hydrogen) atoms. The molecule has 0 bridgehead atoms. The number of hydrogen-bond acceptors (Lipinski definition) is 8. The van der Waals surface area contributed by atoms with Crippen molar-refractivity contribution in [1.29, 1.82) is 0 Å². The number of hydrogen-bond donors (Lipinski definition) is 0. The van der Waals surface area contributed by atoms with E-state index in [4.69, 9.17) is 8.92 Å². The second-order valence-electron chi connectivity index (χ2n) is 7.95. The fourth-order valence-electron chi connectivity index (χ4n) is 3.70. The predicted molar refractivity (Wildman–Crippen MR) is 130 cm³/mol. The summed E-state index contributed by atoms with van der Waals surface area (Å²) in [6.07, 6.45) is 5.59. The molecule has 0 saturated heterocycles. The fourth-order valence-corrected chi connectivity index (χ4v) is 4.07. The van der Waals surface area contributed by atoms with Gasteiger partial charge in [0.25, 0.3) is 15.7 Å². The molecule has 0 spiro atoms. The first-order chi connectivity index (χ1) is 16.6. The molecule has 0 radical (unpaired) electrons. The maximum Gasteiger partial charge on any atom is 0.265 e. The maximum absolute atomic E-state index is 15.3. The van der Waals surface area contributed by atoms with Crippen LogP contribution in [0.4, 0.5) is 15.8 Å². The number of rotatable bonds is 8. The van der Waals surface area contributed by atoms with Crippen LogP contribution in [0.2, 0.25) is 0 Å². The van der Waals surface area contributed by atoms with Gasteiger partial charge in [0.2, 0.25) is 0 Å². The van der Waals surface area contributed by atoms with E-state index in [1.54, 1.807) is 55.3 Å². The second-order valence-corrected chi connectivity index (χ2v) is 9.59. The monoisotopic (exact) mass is 501 g/mol. The highest BCUT2D eigenvalue weighted by Gasteiger charge is 2.19. The molecule has 0 saturated carbocycles. The molecule has 12 heteroatoms. The highest BCUT2D eigenvalue weighted by Crippen LogP contribution is 2.34. The number of methoxy groups -OCH3 is 1. The molecule has 0 aliphatic heterocycles. The van der Waals surface area contributed by atoms with Gasteiger partial charge in [-0.1, -0.05) is 0 Å². The van der Waals surface area contributed by atoms with Gasteiger partial charge in [0.15, 0.2) is 0 Å². The number of nitrogens with zero attached hydrogens (tertiary/aromatic N) is 5. The standard InChI is InChI=1S/C23H24FN5O5S/c1-15-9-18(33-3)11-21(22(15)24)28(7-8-34-35(4,31)32)16-5-6-20-19(10-16)23(30)29(14-25-20)17-12-26-27(2)13-17/h5-6,9-14H,7-8H2,1-4H3. The van der Waals surface area contributed by atoms with Crippen LogP contribution in [0.3, 0.4) is 0 Å². The Labute approximate surface area is 201 Å². The Morgan fingerprint density at radius 2 is 1.97 bits per heavy atom. The van der Waals surface area contributed by atoms with Crippen molar-refractivity contribution in [2.24, 2.45) is 7.05 Å². The molecule has 0 atom stereocenters. The highest BCUT2D eigenvalue weighted by atomic mass is 32.2. The van der Waals surface area contributed by atoms with Crippen LogP contribution in [0, 0.1) is 12.7 Å². The summed E-state index contributed by atoms with van der Waals surface area (Å²) in [5, 5.41) is 4.39. The normalized spacial score (nSPS) is 11.7. The van der Waals surface area contributed by atoms with Gasteiger partial charge in [-0.05, 0) is 36.8 Å². The van der Waals surface area contributed by atoms with Gasteiger partial charge in [-0.3, -0.25) is 18.2 Å². The van der Waals surface area contributed by atoms with Crippen molar-refractivity contribution in [2.75, 3.05) is 31.4 Å². The SMILES string of the molecule is COc1cc(C)c(F)c(N(CCOS(C)(=O)=O)c2ccc3ncn(-c4cnn(C)c4)c(=O)c3c2)c1. The third-order valence-electron chi connectivity index (χ3n) is 5.37. The quantitative estimate of drug-likeness (QED) is 0.339. The molecule has 0 N–H and O–H groups in total. The van der Waals surface area contributed by atoms with Crippen molar-refractivity contribution < 1.29 is 21.7 Å². The summed E-state index contributed by atoms with van der Waals surface area (Å²) in [4.78, 5) is 19.2. The fraction of sp³-hybridized carbons (Fsp3) is 0.261. The minimum absolute atomic E-state index is 0.0147. The predicted octanol–water partition coefficient (Wildman–Crippen LogP) is 2.69. The van der Waals surface area contributed by atoms with Gasteiger partial charge >= 0.3 is 0 Å². The Morgan fingerprint density at radius 1 is 1.20 bits per heavy atom. The van der Waals surface area contributed by atoms with Crippen molar-refractivity contribution in [2.45, 2.75) is 6.92 Å². The van der Waals surface area contributed by atoms with E-state index in [2.05, 4.69) is 10.1 Å². The Hall–Kier alpha value is -3.77. The molecule has 184 valence electrons. The lowest BCUT2D eigenvalue weighted by atomic mass is 10.1. The molecular formula is C23H24FN5O5S. The smallest absolute Gasteiger partial charge is 0.265 e. The maximum atomic E-state index is 15.3. The van der Waals surface area contributed by atoms with E-state index in [9.17, 15) is 13.2 Å². The van der Waals surface area contributed by atoms with Gasteiger partial charge in [0, 0.05) is 31.5 Å². The van der Waals surface area contributed by atoms with Crippen LogP contribution in [-0.4, -0.2) is 54.3 Å². The zero-order valence-corrected chi connectivity index (χ0v) is 20.4. The third kappa shape index (κ3) is 5.17. The summed E-state index contributed by atoms with van der Waals surface area (Å²) in [5.41, 5.74) is 1.60. The summed E-state index contributed by atoms with van der Waals surface area (Å²) >= 11 is 0. The summed E-state index contributed by atoms with van der Waals surface area (Å²) in [7, 11) is -0.501. The Morgan fingerprint density at radius 3 is 2.63 bits per heavy atom. The van der Waals surface area contributed by atoms with Gasteiger partial charge in [0.05, 0.1) is 48.4 Å². The zero-order valence-electron chi connectivity index (χ0n) is 19.6. The van der Waals surface area contributed by atoms with Gasteiger partial charge in [-0.2, -0.15) is 13.5 Å². The lowest BCUT2D eigenvalue weighted by Crippen LogP contribution is -2.25. The molecule has 4 rings (SSSR count). The van der Waals surface area contributed by atoms with Gasteiger partial charge in [-0.25, -0.2) is 9.37 Å². The minimum Gasteiger partial charge on any atom is -0.497 e. The average molecular weight is 502 g/mol. The molecule has 0 aliphatic carbocycles. The van der Waals surface area contributed by atoms with E-state index in [1.165, 1.54) is 29.0 Å². The molecule has 0 aliphatic rings. The lowest BCUT2D eigenvalue weighted by molar-refractivity contribution is 0.330. The highest BCUT2D eigenvalue weighted by molar-refractivity contribution is 7.85. The van der Waals surface area contributed by atoms with Crippen LogP contribution in [-0.2, 0) is 21.3 Å².